The van der Waals surface area contributed by atoms with Gasteiger partial charge < -0.3 is 15.7 Å². The number of para-hydroxylation sites is 1. The molecule has 0 bridgehead atoms. The molecule has 0 fully saturated rings. The van der Waals surface area contributed by atoms with Crippen molar-refractivity contribution in [1.29, 1.82) is 0 Å². The summed E-state index contributed by atoms with van der Waals surface area (Å²) < 4.78 is 1.56. The van der Waals surface area contributed by atoms with Crippen LogP contribution in [0.2, 0.25) is 5.02 Å². The zero-order valence-corrected chi connectivity index (χ0v) is 16.1. The monoisotopic (exact) mass is 408 g/mol. The molecule has 0 aliphatic carbocycles. The van der Waals surface area contributed by atoms with E-state index in [1.54, 1.807) is 28.9 Å². The number of carboxylic acid groups (broad SMARTS) is 1. The van der Waals surface area contributed by atoms with Crippen LogP contribution in [-0.2, 0) is 4.79 Å². The largest absolute Gasteiger partial charge is 0.477 e. The number of amides is 1. The van der Waals surface area contributed by atoms with E-state index in [1.807, 2.05) is 31.2 Å². The van der Waals surface area contributed by atoms with Crippen LogP contribution in [0.3, 0.4) is 0 Å². The van der Waals surface area contributed by atoms with Crippen molar-refractivity contribution in [3.8, 4) is 0 Å². The molecule has 7 nitrogen and oxygen atoms in total. The third kappa shape index (κ3) is 3.48. The number of aromatic nitrogens is 2. The first-order valence-electron chi connectivity index (χ1n) is 8.86. The Morgan fingerprint density at radius 3 is 2.62 bits per heavy atom. The molecule has 8 heteroatoms. The van der Waals surface area contributed by atoms with Crippen molar-refractivity contribution < 1.29 is 14.7 Å². The fourth-order valence-corrected chi connectivity index (χ4v) is 3.47. The Morgan fingerprint density at radius 1 is 1.17 bits per heavy atom. The second-order valence-corrected chi connectivity index (χ2v) is 7.00. The van der Waals surface area contributed by atoms with Gasteiger partial charge in [0.25, 0.3) is 5.91 Å². The van der Waals surface area contributed by atoms with Crippen LogP contribution >= 0.6 is 11.6 Å². The van der Waals surface area contributed by atoms with E-state index in [0.717, 1.165) is 5.56 Å². The van der Waals surface area contributed by atoms with Crippen molar-refractivity contribution in [3.63, 3.8) is 0 Å². The topological polar surface area (TPSA) is 96.3 Å². The number of hydrogen-bond acceptors (Lipinski definition) is 4. The van der Waals surface area contributed by atoms with E-state index in [-0.39, 0.29) is 11.3 Å². The van der Waals surface area contributed by atoms with Gasteiger partial charge in [0, 0.05) is 10.7 Å². The lowest BCUT2D eigenvalue weighted by atomic mass is 10.0. The maximum Gasteiger partial charge on any atom is 0.352 e. The molecule has 2 aromatic carbocycles. The Kier molecular flexibility index (Phi) is 4.82. The lowest BCUT2D eigenvalue weighted by Gasteiger charge is -2.25. The van der Waals surface area contributed by atoms with Gasteiger partial charge in [-0.1, -0.05) is 48.0 Å². The molecular formula is C21H17ClN4O3. The maximum atomic E-state index is 12.9. The number of allylic oxidation sites excluding steroid dienone is 1. The first-order valence-corrected chi connectivity index (χ1v) is 9.24. The third-order valence-corrected chi connectivity index (χ3v) is 5.07. The van der Waals surface area contributed by atoms with Crippen molar-refractivity contribution in [2.75, 3.05) is 10.6 Å². The standard InChI is InChI=1S/C21H17ClN4O3/c1-12-6-2-5-9-16(12)25-20(27)14-11-23-26-18(13-7-3-4-8-15(13)22)10-17(21(28)29)24-19(14)26/h2-11,18,24H,1H3,(H,25,27)(H,28,29). The molecule has 1 aliphatic rings. The first kappa shape index (κ1) is 18.8. The van der Waals surface area contributed by atoms with E-state index >= 15 is 0 Å². The normalized spacial score (nSPS) is 15.1. The zero-order chi connectivity index (χ0) is 20.5. The molecule has 29 heavy (non-hydrogen) atoms. The number of nitrogens with zero attached hydrogens (tertiary/aromatic N) is 2. The van der Waals surface area contributed by atoms with E-state index in [2.05, 4.69) is 15.7 Å². The summed E-state index contributed by atoms with van der Waals surface area (Å²) in [5.41, 5.74) is 2.45. The summed E-state index contributed by atoms with van der Waals surface area (Å²) >= 11 is 6.33. The molecule has 1 atom stereocenters. The summed E-state index contributed by atoms with van der Waals surface area (Å²) in [4.78, 5) is 24.6. The molecule has 0 saturated carbocycles. The molecular weight excluding hydrogens is 392 g/mol. The van der Waals surface area contributed by atoms with Gasteiger partial charge in [-0.2, -0.15) is 5.10 Å². The maximum absolute atomic E-state index is 12.9. The number of benzene rings is 2. The minimum Gasteiger partial charge on any atom is -0.477 e. The van der Waals surface area contributed by atoms with Crippen molar-refractivity contribution in [3.05, 3.63) is 88.2 Å². The lowest BCUT2D eigenvalue weighted by molar-refractivity contribution is -0.132. The number of fused-ring (bicyclic) bond motifs is 1. The zero-order valence-electron chi connectivity index (χ0n) is 15.4. The average molecular weight is 409 g/mol. The van der Waals surface area contributed by atoms with E-state index in [1.165, 1.54) is 12.3 Å². The molecule has 1 aliphatic heterocycles. The number of halogens is 1. The summed E-state index contributed by atoms with van der Waals surface area (Å²) in [7, 11) is 0. The predicted molar refractivity (Wildman–Crippen MR) is 110 cm³/mol. The molecule has 1 amide bonds. The third-order valence-electron chi connectivity index (χ3n) is 4.73. The number of carbonyl (C=O) groups excluding carboxylic acids is 1. The minimum atomic E-state index is -1.14. The molecule has 146 valence electrons. The Balaban J connectivity index is 1.75. The lowest BCUT2D eigenvalue weighted by Crippen LogP contribution is -2.25. The van der Waals surface area contributed by atoms with Crippen molar-refractivity contribution in [2.24, 2.45) is 0 Å². The number of carboxylic acids is 1. The smallest absolute Gasteiger partial charge is 0.352 e. The molecule has 1 aromatic heterocycles. The first-order chi connectivity index (χ1) is 14.0. The van der Waals surface area contributed by atoms with Crippen LogP contribution < -0.4 is 10.6 Å². The van der Waals surface area contributed by atoms with Crippen molar-refractivity contribution >= 4 is 35.0 Å². The van der Waals surface area contributed by atoms with Crippen molar-refractivity contribution in [2.45, 2.75) is 13.0 Å². The number of nitrogens with one attached hydrogen (secondary N) is 2. The molecule has 3 N–H and O–H groups in total. The molecule has 0 spiro atoms. The number of hydrogen-bond donors (Lipinski definition) is 3. The average Bonchev–Trinajstić information content (AvgIpc) is 3.13. The van der Waals surface area contributed by atoms with E-state index in [9.17, 15) is 14.7 Å². The van der Waals surface area contributed by atoms with Crippen LogP contribution in [0.4, 0.5) is 11.5 Å². The van der Waals surface area contributed by atoms with Gasteiger partial charge in [-0.15, -0.1) is 0 Å². The second kappa shape index (κ2) is 7.44. The molecule has 0 saturated heterocycles. The highest BCUT2D eigenvalue weighted by atomic mass is 35.5. The van der Waals surface area contributed by atoms with Gasteiger partial charge in [0.15, 0.2) is 0 Å². The van der Waals surface area contributed by atoms with E-state index in [0.29, 0.717) is 22.1 Å². The highest BCUT2D eigenvalue weighted by Crippen LogP contribution is 2.35. The Labute approximate surface area is 171 Å². The summed E-state index contributed by atoms with van der Waals surface area (Å²) in [6.07, 6.45) is 2.94. The van der Waals surface area contributed by atoms with Crippen LogP contribution in [0.5, 0.6) is 0 Å². The molecule has 4 rings (SSSR count). The second-order valence-electron chi connectivity index (χ2n) is 6.60. The summed E-state index contributed by atoms with van der Waals surface area (Å²) in [5.74, 6) is -1.24. The number of aliphatic carboxylic acids is 1. The van der Waals surface area contributed by atoms with Crippen molar-refractivity contribution in [1.82, 2.24) is 9.78 Å². The van der Waals surface area contributed by atoms with Crippen LogP contribution in [-0.4, -0.2) is 26.8 Å². The van der Waals surface area contributed by atoms with Crippen LogP contribution in [0.25, 0.3) is 0 Å². The summed E-state index contributed by atoms with van der Waals surface area (Å²) in [6.45, 7) is 1.89. The van der Waals surface area contributed by atoms with Gasteiger partial charge in [0.2, 0.25) is 0 Å². The quantitative estimate of drug-likeness (QED) is 0.604. The van der Waals surface area contributed by atoms with Crippen LogP contribution in [0, 0.1) is 6.92 Å². The highest BCUT2D eigenvalue weighted by Gasteiger charge is 2.30. The van der Waals surface area contributed by atoms with E-state index < -0.39 is 17.9 Å². The van der Waals surface area contributed by atoms with Gasteiger partial charge in [-0.05, 0) is 36.3 Å². The van der Waals surface area contributed by atoms with Crippen LogP contribution in [0.1, 0.15) is 27.5 Å². The van der Waals surface area contributed by atoms with Gasteiger partial charge >= 0.3 is 5.97 Å². The fourth-order valence-electron chi connectivity index (χ4n) is 3.23. The summed E-state index contributed by atoms with van der Waals surface area (Å²) in [6, 6.07) is 14.0. The molecule has 3 aromatic rings. The Morgan fingerprint density at radius 2 is 1.90 bits per heavy atom. The predicted octanol–water partition coefficient (Wildman–Crippen LogP) is 4.08. The van der Waals surface area contributed by atoms with Gasteiger partial charge in [-0.3, -0.25) is 4.79 Å². The number of carbonyl (C=O) groups is 2. The van der Waals surface area contributed by atoms with Gasteiger partial charge in [0.1, 0.15) is 23.1 Å². The number of anilines is 2. The molecule has 1 unspecified atom stereocenters. The number of rotatable bonds is 4. The Hall–Kier alpha value is -3.58. The summed E-state index contributed by atoms with van der Waals surface area (Å²) in [5, 5.41) is 20.0. The molecule has 0 radical (unpaired) electrons. The SMILES string of the molecule is Cc1ccccc1NC(=O)c1cnn2c1NC(C(=O)O)=CC2c1ccccc1Cl. The highest BCUT2D eigenvalue weighted by molar-refractivity contribution is 6.31. The Bertz CT molecular complexity index is 1150. The van der Waals surface area contributed by atoms with E-state index in [4.69, 9.17) is 11.6 Å². The minimum absolute atomic E-state index is 0.0483. The van der Waals surface area contributed by atoms with Gasteiger partial charge in [-0.25, -0.2) is 9.48 Å². The number of aryl methyl sites for hydroxylation is 1. The van der Waals surface area contributed by atoms with Gasteiger partial charge in [0.05, 0.1) is 6.20 Å². The fraction of sp³-hybridized carbons (Fsp3) is 0.0952. The molecule has 2 heterocycles. The van der Waals surface area contributed by atoms with Crippen LogP contribution in [0.15, 0.2) is 66.5 Å².